The first-order valence-electron chi connectivity index (χ1n) is 8.05. The zero-order valence-corrected chi connectivity index (χ0v) is 16.6. The number of hydrogen-bond donors (Lipinski definition) is 1. The molecular weight excluding hydrogens is 399 g/mol. The number of carbonyl (C=O) groups excluding carboxylic acids is 1. The molecule has 2 rings (SSSR count). The van der Waals surface area contributed by atoms with E-state index in [0.717, 1.165) is 12.1 Å². The molecule has 0 saturated heterocycles. The molecule has 0 fully saturated rings. The van der Waals surface area contributed by atoms with E-state index in [1.807, 2.05) is 0 Å². The Morgan fingerprint density at radius 1 is 1.11 bits per heavy atom. The van der Waals surface area contributed by atoms with Crippen LogP contribution in [-0.4, -0.2) is 14.9 Å². The number of benzene rings is 2. The summed E-state index contributed by atoms with van der Waals surface area (Å²) in [5, 5.41) is 3.06. The first-order chi connectivity index (χ1) is 12.4. The third-order valence-electron chi connectivity index (χ3n) is 3.99. The number of carbonyl (C=O) groups is 1. The van der Waals surface area contributed by atoms with Gasteiger partial charge in [-0.15, -0.1) is 0 Å². The van der Waals surface area contributed by atoms with Gasteiger partial charge in [0.2, 0.25) is 5.91 Å². The maximum absolute atomic E-state index is 13.6. The Bertz CT molecular complexity index is 864. The maximum atomic E-state index is 13.6. The molecule has 8 heteroatoms. The van der Waals surface area contributed by atoms with Crippen molar-refractivity contribution < 1.29 is 22.2 Å². The highest BCUT2D eigenvalue weighted by Gasteiger charge is 2.35. The van der Waals surface area contributed by atoms with Gasteiger partial charge in [0.05, 0.1) is 16.4 Å². The van der Waals surface area contributed by atoms with E-state index in [1.54, 1.807) is 24.3 Å². The summed E-state index contributed by atoms with van der Waals surface area (Å²) in [4.78, 5) is 13.0. The molecule has 0 aromatic heterocycles. The molecule has 0 saturated carbocycles. The van der Waals surface area contributed by atoms with E-state index in [1.165, 1.54) is 19.9 Å². The number of halogens is 4. The third kappa shape index (κ3) is 5.11. The zero-order valence-electron chi connectivity index (χ0n) is 15.0. The van der Waals surface area contributed by atoms with Crippen LogP contribution in [0.25, 0.3) is 0 Å². The van der Waals surface area contributed by atoms with Crippen LogP contribution in [-0.2, 0) is 28.1 Å². The fourth-order valence-electron chi connectivity index (χ4n) is 2.35. The molecule has 0 bridgehead atoms. The standard InChI is InChI=1S/C19H19ClF3NO2S/c1-18(2,27(26)14-7-5-13(20)6-8-14)17(25)24-11-12-4-9-16(21)15(10-12)19(3,22)23/h4-10H,11H2,1-3H3,(H,24,25). The summed E-state index contributed by atoms with van der Waals surface area (Å²) >= 11 is 5.81. The van der Waals surface area contributed by atoms with E-state index < -0.39 is 38.8 Å². The molecule has 2 aromatic rings. The largest absolute Gasteiger partial charge is 0.351 e. The van der Waals surface area contributed by atoms with Crippen LogP contribution in [0, 0.1) is 5.82 Å². The smallest absolute Gasteiger partial charge is 0.273 e. The van der Waals surface area contributed by atoms with Crippen LogP contribution in [0.1, 0.15) is 31.9 Å². The summed E-state index contributed by atoms with van der Waals surface area (Å²) < 4.78 is 51.9. The molecule has 1 N–H and O–H groups in total. The molecule has 3 nitrogen and oxygen atoms in total. The van der Waals surface area contributed by atoms with Crippen molar-refractivity contribution >= 4 is 28.3 Å². The molecule has 0 radical (unpaired) electrons. The summed E-state index contributed by atoms with van der Waals surface area (Å²) in [5.41, 5.74) is -0.424. The molecule has 1 amide bonds. The Morgan fingerprint density at radius 2 is 1.70 bits per heavy atom. The lowest BCUT2D eigenvalue weighted by atomic mass is 10.1. The predicted octanol–water partition coefficient (Wildman–Crippen LogP) is 4.79. The van der Waals surface area contributed by atoms with E-state index in [-0.39, 0.29) is 6.54 Å². The lowest BCUT2D eigenvalue weighted by Gasteiger charge is -2.23. The second-order valence-electron chi connectivity index (χ2n) is 6.62. The van der Waals surface area contributed by atoms with Gasteiger partial charge in [0, 0.05) is 23.4 Å². The van der Waals surface area contributed by atoms with Gasteiger partial charge in [-0.25, -0.2) is 13.2 Å². The van der Waals surface area contributed by atoms with Crippen LogP contribution in [0.2, 0.25) is 5.02 Å². The molecule has 27 heavy (non-hydrogen) atoms. The summed E-state index contributed by atoms with van der Waals surface area (Å²) in [6.45, 7) is 3.54. The molecule has 0 aliphatic carbocycles. The number of hydrogen-bond acceptors (Lipinski definition) is 2. The monoisotopic (exact) mass is 417 g/mol. The predicted molar refractivity (Wildman–Crippen MR) is 99.8 cm³/mol. The lowest BCUT2D eigenvalue weighted by molar-refractivity contribution is -0.122. The van der Waals surface area contributed by atoms with E-state index in [9.17, 15) is 22.2 Å². The number of alkyl halides is 2. The molecular formula is C19H19ClF3NO2S. The Kier molecular flexibility index (Phi) is 6.37. The first-order valence-corrected chi connectivity index (χ1v) is 9.58. The van der Waals surface area contributed by atoms with Crippen molar-refractivity contribution in [3.8, 4) is 0 Å². The molecule has 0 aliphatic heterocycles. The second-order valence-corrected chi connectivity index (χ2v) is 9.08. The molecule has 2 aromatic carbocycles. The summed E-state index contributed by atoms with van der Waals surface area (Å²) in [5.74, 6) is -4.87. The average Bonchev–Trinajstić information content (AvgIpc) is 2.59. The quantitative estimate of drug-likeness (QED) is 0.734. The highest BCUT2D eigenvalue weighted by Crippen LogP contribution is 2.30. The van der Waals surface area contributed by atoms with Crippen molar-refractivity contribution in [1.82, 2.24) is 5.32 Å². The minimum absolute atomic E-state index is 0.0938. The van der Waals surface area contributed by atoms with Crippen molar-refractivity contribution in [2.24, 2.45) is 0 Å². The van der Waals surface area contributed by atoms with Crippen molar-refractivity contribution in [2.45, 2.75) is 42.9 Å². The number of amides is 1. The van der Waals surface area contributed by atoms with Crippen molar-refractivity contribution in [3.63, 3.8) is 0 Å². The van der Waals surface area contributed by atoms with Gasteiger partial charge in [-0.3, -0.25) is 9.00 Å². The molecule has 0 aliphatic rings. The highest BCUT2D eigenvalue weighted by molar-refractivity contribution is 7.87. The van der Waals surface area contributed by atoms with E-state index in [4.69, 9.17) is 11.6 Å². The third-order valence-corrected chi connectivity index (χ3v) is 6.06. The fourth-order valence-corrected chi connectivity index (χ4v) is 3.69. The Morgan fingerprint density at radius 3 is 2.26 bits per heavy atom. The summed E-state index contributed by atoms with van der Waals surface area (Å²) in [6, 6.07) is 9.56. The van der Waals surface area contributed by atoms with Crippen LogP contribution >= 0.6 is 11.6 Å². The van der Waals surface area contributed by atoms with Crippen LogP contribution in [0.15, 0.2) is 47.4 Å². The van der Waals surface area contributed by atoms with Crippen molar-refractivity contribution in [2.75, 3.05) is 0 Å². The maximum Gasteiger partial charge on any atom is 0.273 e. The molecule has 0 heterocycles. The van der Waals surface area contributed by atoms with Crippen LogP contribution in [0.4, 0.5) is 13.2 Å². The first kappa shape index (κ1) is 21.4. The van der Waals surface area contributed by atoms with Gasteiger partial charge in [-0.05, 0) is 55.8 Å². The fraction of sp³-hybridized carbons (Fsp3) is 0.316. The molecule has 0 spiro atoms. The molecule has 1 unspecified atom stereocenters. The van der Waals surface area contributed by atoms with Gasteiger partial charge in [0.15, 0.2) is 0 Å². The van der Waals surface area contributed by atoms with E-state index in [0.29, 0.717) is 22.4 Å². The van der Waals surface area contributed by atoms with Crippen LogP contribution in [0.5, 0.6) is 0 Å². The van der Waals surface area contributed by atoms with E-state index >= 15 is 0 Å². The van der Waals surface area contributed by atoms with Gasteiger partial charge in [-0.2, -0.15) is 0 Å². The van der Waals surface area contributed by atoms with Gasteiger partial charge < -0.3 is 5.32 Å². The summed E-state index contributed by atoms with van der Waals surface area (Å²) in [7, 11) is -1.66. The Hall–Kier alpha value is -1.86. The summed E-state index contributed by atoms with van der Waals surface area (Å²) in [6.07, 6.45) is 0. The van der Waals surface area contributed by atoms with Crippen molar-refractivity contribution in [1.29, 1.82) is 0 Å². The Labute approximate surface area is 163 Å². The minimum Gasteiger partial charge on any atom is -0.351 e. The van der Waals surface area contributed by atoms with Crippen LogP contribution < -0.4 is 5.32 Å². The number of rotatable bonds is 6. The SMILES string of the molecule is CC(F)(F)c1cc(CNC(=O)C(C)(C)S(=O)c2ccc(Cl)cc2)ccc1F. The zero-order chi connectivity index (χ0) is 20.4. The van der Waals surface area contributed by atoms with Gasteiger partial charge >= 0.3 is 0 Å². The lowest BCUT2D eigenvalue weighted by Crippen LogP contribution is -2.45. The molecule has 1 atom stereocenters. The van der Waals surface area contributed by atoms with Crippen LogP contribution in [0.3, 0.4) is 0 Å². The van der Waals surface area contributed by atoms with Crippen molar-refractivity contribution in [3.05, 3.63) is 64.4 Å². The average molecular weight is 418 g/mol. The van der Waals surface area contributed by atoms with E-state index in [2.05, 4.69) is 5.32 Å². The second kappa shape index (κ2) is 8.02. The highest BCUT2D eigenvalue weighted by atomic mass is 35.5. The molecule has 146 valence electrons. The Balaban J connectivity index is 2.12. The normalized spacial score (nSPS) is 13.3. The van der Waals surface area contributed by atoms with Gasteiger partial charge in [0.25, 0.3) is 5.92 Å². The van der Waals surface area contributed by atoms with Gasteiger partial charge in [-0.1, -0.05) is 17.7 Å². The minimum atomic E-state index is -3.33. The van der Waals surface area contributed by atoms with Gasteiger partial charge in [0.1, 0.15) is 10.6 Å². The number of nitrogens with one attached hydrogen (secondary N) is 1. The topological polar surface area (TPSA) is 46.2 Å².